The number of ether oxygens (including phenoxy) is 1. The van der Waals surface area contributed by atoms with Crippen molar-refractivity contribution in [3.8, 4) is 5.75 Å². The summed E-state index contributed by atoms with van der Waals surface area (Å²) in [6.07, 6.45) is -6.66. The molecule has 0 aliphatic heterocycles. The van der Waals surface area contributed by atoms with Gasteiger partial charge in [0.2, 0.25) is 10.0 Å². The summed E-state index contributed by atoms with van der Waals surface area (Å²) >= 11 is 0. The number of sulfonamides is 1. The van der Waals surface area contributed by atoms with E-state index in [1.54, 1.807) is 0 Å². The average Bonchev–Trinajstić information content (AvgIpc) is 2.30. The van der Waals surface area contributed by atoms with Crippen LogP contribution >= 0.6 is 0 Å². The predicted molar refractivity (Wildman–Crippen MR) is 63.2 cm³/mol. The van der Waals surface area contributed by atoms with Gasteiger partial charge in [-0.3, -0.25) is 0 Å². The molecule has 1 aromatic rings. The number of hydrogen-bond acceptors (Lipinski definition) is 4. The van der Waals surface area contributed by atoms with Crippen LogP contribution in [0.4, 0.5) is 18.9 Å². The number of nitrogens with two attached hydrogens (primary N) is 1. The van der Waals surface area contributed by atoms with Crippen molar-refractivity contribution in [2.45, 2.75) is 24.1 Å². The van der Waals surface area contributed by atoms with Gasteiger partial charge in [-0.25, -0.2) is 13.1 Å². The lowest BCUT2D eigenvalue weighted by molar-refractivity contribution is -0.189. The highest BCUT2D eigenvalue weighted by atomic mass is 32.2. The average molecular weight is 298 g/mol. The van der Waals surface area contributed by atoms with E-state index in [1.807, 2.05) is 4.72 Å². The minimum Gasteiger partial charge on any atom is -0.479 e. The molecule has 0 aliphatic carbocycles. The number of hydrogen-bond donors (Lipinski definition) is 2. The third kappa shape index (κ3) is 3.74. The number of rotatable bonds is 4. The van der Waals surface area contributed by atoms with Gasteiger partial charge >= 0.3 is 6.18 Å². The Kier molecular flexibility index (Phi) is 4.31. The van der Waals surface area contributed by atoms with E-state index in [1.165, 1.54) is 19.2 Å². The van der Waals surface area contributed by atoms with Gasteiger partial charge in [-0.15, -0.1) is 0 Å². The summed E-state index contributed by atoms with van der Waals surface area (Å²) in [6, 6.07) is 3.29. The molecule has 1 atom stereocenters. The van der Waals surface area contributed by atoms with Gasteiger partial charge in [-0.05, 0) is 26.1 Å². The first-order chi connectivity index (χ1) is 8.58. The fraction of sp³-hybridized carbons (Fsp3) is 0.400. The van der Waals surface area contributed by atoms with Gasteiger partial charge in [0.05, 0.1) is 10.6 Å². The van der Waals surface area contributed by atoms with Gasteiger partial charge in [0.25, 0.3) is 0 Å². The Morgan fingerprint density at radius 1 is 1.37 bits per heavy atom. The van der Waals surface area contributed by atoms with Crippen LogP contribution < -0.4 is 15.2 Å². The van der Waals surface area contributed by atoms with Crippen molar-refractivity contribution in [2.75, 3.05) is 12.8 Å². The van der Waals surface area contributed by atoms with Crippen molar-refractivity contribution in [2.24, 2.45) is 0 Å². The van der Waals surface area contributed by atoms with E-state index in [-0.39, 0.29) is 16.3 Å². The largest absolute Gasteiger partial charge is 0.479 e. The summed E-state index contributed by atoms with van der Waals surface area (Å²) in [4.78, 5) is -0.228. The number of nitrogen functional groups attached to an aromatic ring is 1. The third-order valence-electron chi connectivity index (χ3n) is 2.33. The molecule has 0 bridgehead atoms. The van der Waals surface area contributed by atoms with Crippen molar-refractivity contribution in [1.29, 1.82) is 0 Å². The predicted octanol–water partition coefficient (Wildman–Crippen LogP) is 1.51. The SMILES string of the molecule is CNS(=O)(=O)c1ccc(N)c(OC(C)C(F)(F)F)c1. The number of nitrogens with one attached hydrogen (secondary N) is 1. The van der Waals surface area contributed by atoms with E-state index in [0.717, 1.165) is 13.0 Å². The van der Waals surface area contributed by atoms with Crippen molar-refractivity contribution in [3.63, 3.8) is 0 Å². The zero-order chi connectivity index (χ0) is 14.8. The number of alkyl halides is 3. The number of anilines is 1. The maximum Gasteiger partial charge on any atom is 0.425 e. The van der Waals surface area contributed by atoms with Gasteiger partial charge in [-0.1, -0.05) is 0 Å². The molecule has 3 N–H and O–H groups in total. The Balaban J connectivity index is 3.12. The van der Waals surface area contributed by atoms with Gasteiger partial charge in [-0.2, -0.15) is 13.2 Å². The van der Waals surface area contributed by atoms with Crippen LogP contribution in [0.5, 0.6) is 5.75 Å². The molecule has 0 aromatic heterocycles. The van der Waals surface area contributed by atoms with Crippen molar-refractivity contribution >= 4 is 15.7 Å². The van der Waals surface area contributed by atoms with E-state index >= 15 is 0 Å². The van der Waals surface area contributed by atoms with E-state index in [0.29, 0.717) is 0 Å². The molecule has 19 heavy (non-hydrogen) atoms. The Labute approximate surface area is 108 Å². The molecule has 9 heteroatoms. The molecule has 5 nitrogen and oxygen atoms in total. The molecule has 0 heterocycles. The molecule has 0 fully saturated rings. The second kappa shape index (κ2) is 5.25. The minimum atomic E-state index is -4.57. The molecule has 1 aromatic carbocycles. The van der Waals surface area contributed by atoms with Gasteiger partial charge < -0.3 is 10.5 Å². The molecule has 0 spiro atoms. The maximum absolute atomic E-state index is 12.4. The molecule has 0 radical (unpaired) electrons. The van der Waals surface area contributed by atoms with Crippen LogP contribution in [0, 0.1) is 0 Å². The smallest absolute Gasteiger partial charge is 0.425 e. The molecule has 0 saturated carbocycles. The van der Waals surface area contributed by atoms with Crippen LogP contribution in [0.1, 0.15) is 6.92 Å². The summed E-state index contributed by atoms with van der Waals surface area (Å²) in [5, 5.41) is 0. The minimum absolute atomic E-state index is 0.0776. The highest BCUT2D eigenvalue weighted by Crippen LogP contribution is 2.30. The van der Waals surface area contributed by atoms with Crippen LogP contribution in [-0.2, 0) is 10.0 Å². The quantitative estimate of drug-likeness (QED) is 0.826. The van der Waals surface area contributed by atoms with Gasteiger partial charge in [0, 0.05) is 6.07 Å². The summed E-state index contributed by atoms with van der Waals surface area (Å²) in [5.74, 6) is -0.332. The Bertz CT molecular complexity index is 558. The third-order valence-corrected chi connectivity index (χ3v) is 3.74. The zero-order valence-corrected chi connectivity index (χ0v) is 11.0. The van der Waals surface area contributed by atoms with Crippen LogP contribution in [-0.4, -0.2) is 27.7 Å². The first-order valence-electron chi connectivity index (χ1n) is 5.14. The van der Waals surface area contributed by atoms with Gasteiger partial charge in [0.1, 0.15) is 5.75 Å². The molecule has 0 saturated heterocycles. The maximum atomic E-state index is 12.4. The summed E-state index contributed by atoms with van der Waals surface area (Å²) < 4.78 is 66.8. The standard InChI is InChI=1S/C10H13F3N2O3S/c1-6(10(11,12)13)18-9-5-7(3-4-8(9)14)19(16,17)15-2/h3-6,15H,14H2,1-2H3. The fourth-order valence-electron chi connectivity index (χ4n) is 1.16. The normalized spacial score (nSPS) is 14.2. The summed E-state index contributed by atoms with van der Waals surface area (Å²) in [6.45, 7) is 0.804. The highest BCUT2D eigenvalue weighted by Gasteiger charge is 2.38. The highest BCUT2D eigenvalue weighted by molar-refractivity contribution is 7.89. The summed E-state index contributed by atoms with van der Waals surface area (Å²) in [5.41, 5.74) is 5.38. The van der Waals surface area contributed by atoms with Crippen molar-refractivity contribution in [3.05, 3.63) is 18.2 Å². The lowest BCUT2D eigenvalue weighted by atomic mass is 10.3. The van der Waals surface area contributed by atoms with Crippen LogP contribution in [0.25, 0.3) is 0 Å². The van der Waals surface area contributed by atoms with Crippen molar-refractivity contribution < 1.29 is 26.3 Å². The molecular formula is C10H13F3N2O3S. The Morgan fingerprint density at radius 3 is 2.42 bits per heavy atom. The van der Waals surface area contributed by atoms with E-state index < -0.39 is 22.3 Å². The van der Waals surface area contributed by atoms with Crippen LogP contribution in [0.3, 0.4) is 0 Å². The van der Waals surface area contributed by atoms with Crippen LogP contribution in [0.2, 0.25) is 0 Å². The molecule has 1 rings (SSSR count). The molecule has 1 unspecified atom stereocenters. The fourth-order valence-corrected chi connectivity index (χ4v) is 1.90. The second-order valence-corrected chi connectivity index (χ2v) is 5.60. The van der Waals surface area contributed by atoms with E-state index in [9.17, 15) is 21.6 Å². The Morgan fingerprint density at radius 2 is 1.95 bits per heavy atom. The second-order valence-electron chi connectivity index (χ2n) is 3.71. The van der Waals surface area contributed by atoms with Gasteiger partial charge in [0.15, 0.2) is 6.10 Å². The first-order valence-corrected chi connectivity index (χ1v) is 6.62. The monoisotopic (exact) mass is 298 g/mol. The number of halogens is 3. The molecule has 108 valence electrons. The lowest BCUT2D eigenvalue weighted by Crippen LogP contribution is -2.31. The molecule has 0 amide bonds. The van der Waals surface area contributed by atoms with Crippen LogP contribution in [0.15, 0.2) is 23.1 Å². The van der Waals surface area contributed by atoms with E-state index in [4.69, 9.17) is 5.73 Å². The van der Waals surface area contributed by atoms with E-state index in [2.05, 4.69) is 4.74 Å². The Hall–Kier alpha value is -1.48. The first kappa shape index (κ1) is 15.6. The number of benzene rings is 1. The topological polar surface area (TPSA) is 81.4 Å². The van der Waals surface area contributed by atoms with Crippen molar-refractivity contribution in [1.82, 2.24) is 4.72 Å². The lowest BCUT2D eigenvalue weighted by Gasteiger charge is -2.19. The zero-order valence-electron chi connectivity index (χ0n) is 10.2. The summed E-state index contributed by atoms with van der Waals surface area (Å²) in [7, 11) is -2.59. The molecular weight excluding hydrogens is 285 g/mol. The molecule has 0 aliphatic rings.